The van der Waals surface area contributed by atoms with Gasteiger partial charge in [-0.1, -0.05) is 36.4 Å². The molecule has 4 heteroatoms. The van der Waals surface area contributed by atoms with E-state index in [1.54, 1.807) is 0 Å². The molecule has 27 heavy (non-hydrogen) atoms. The van der Waals surface area contributed by atoms with Crippen LogP contribution in [-0.4, -0.2) is 16.5 Å². The van der Waals surface area contributed by atoms with E-state index in [1.807, 2.05) is 6.92 Å². The highest BCUT2D eigenvalue weighted by molar-refractivity contribution is 5.70. The third-order valence-corrected chi connectivity index (χ3v) is 5.64. The summed E-state index contributed by atoms with van der Waals surface area (Å²) in [5.41, 5.74) is 7.60. The summed E-state index contributed by atoms with van der Waals surface area (Å²) in [6.07, 6.45) is 4.62. The summed E-state index contributed by atoms with van der Waals surface area (Å²) in [4.78, 5) is 9.35. The first kappa shape index (κ1) is 16.3. The Morgan fingerprint density at radius 1 is 1.00 bits per heavy atom. The minimum absolute atomic E-state index is 0.318. The van der Waals surface area contributed by atoms with E-state index >= 15 is 0 Å². The van der Waals surface area contributed by atoms with Crippen LogP contribution in [0.3, 0.4) is 0 Å². The third-order valence-electron chi connectivity index (χ3n) is 5.64. The fourth-order valence-corrected chi connectivity index (χ4v) is 4.32. The number of nitrogens with one attached hydrogen (secondary N) is 2. The molecule has 2 aliphatic rings. The summed E-state index contributed by atoms with van der Waals surface area (Å²) < 4.78 is 0. The van der Waals surface area contributed by atoms with Crippen LogP contribution in [0, 0.1) is 6.92 Å². The lowest BCUT2D eigenvalue weighted by atomic mass is 9.88. The minimum Gasteiger partial charge on any atom is -0.384 e. The van der Waals surface area contributed by atoms with Gasteiger partial charge in [-0.05, 0) is 55.4 Å². The summed E-state index contributed by atoms with van der Waals surface area (Å²) >= 11 is 0. The molecule has 2 aromatic carbocycles. The Balaban J connectivity index is 1.46. The van der Waals surface area contributed by atoms with Crippen LogP contribution in [-0.2, 0) is 12.8 Å². The van der Waals surface area contributed by atoms with Gasteiger partial charge >= 0.3 is 0 Å². The fourth-order valence-electron chi connectivity index (χ4n) is 4.32. The molecule has 136 valence electrons. The van der Waals surface area contributed by atoms with Crippen LogP contribution in [0.15, 0.2) is 48.5 Å². The van der Waals surface area contributed by atoms with Crippen LogP contribution in [0.4, 0.5) is 11.5 Å². The number of fused-ring (bicyclic) bond motifs is 2. The van der Waals surface area contributed by atoms with Gasteiger partial charge in [0.25, 0.3) is 0 Å². The highest BCUT2D eigenvalue weighted by Crippen LogP contribution is 2.33. The summed E-state index contributed by atoms with van der Waals surface area (Å²) in [6, 6.07) is 17.8. The largest absolute Gasteiger partial charge is 0.384 e. The van der Waals surface area contributed by atoms with Gasteiger partial charge in [0.05, 0.1) is 11.7 Å². The maximum atomic E-state index is 4.69. The van der Waals surface area contributed by atoms with Crippen LogP contribution in [0.5, 0.6) is 0 Å². The van der Waals surface area contributed by atoms with Crippen molar-refractivity contribution in [2.75, 3.05) is 17.2 Å². The normalized spacial score (nSPS) is 17.7. The van der Waals surface area contributed by atoms with Gasteiger partial charge in [0.15, 0.2) is 0 Å². The molecule has 1 aromatic heterocycles. The molecule has 1 atom stereocenters. The van der Waals surface area contributed by atoms with Crippen molar-refractivity contribution in [2.24, 2.45) is 0 Å². The minimum atomic E-state index is 0.318. The lowest BCUT2D eigenvalue weighted by Crippen LogP contribution is -2.18. The smallest absolute Gasteiger partial charge is 0.130 e. The van der Waals surface area contributed by atoms with Gasteiger partial charge in [-0.3, -0.25) is 0 Å². The van der Waals surface area contributed by atoms with E-state index < -0.39 is 0 Å². The Bertz CT molecular complexity index is 995. The molecule has 1 aliphatic heterocycles. The lowest BCUT2D eigenvalue weighted by molar-refractivity contribution is 0.598. The maximum Gasteiger partial charge on any atom is 0.130 e. The monoisotopic (exact) mass is 356 g/mol. The van der Waals surface area contributed by atoms with Crippen molar-refractivity contribution in [3.05, 3.63) is 71.0 Å². The van der Waals surface area contributed by atoms with Gasteiger partial charge < -0.3 is 10.6 Å². The van der Waals surface area contributed by atoms with Crippen molar-refractivity contribution in [1.29, 1.82) is 0 Å². The van der Waals surface area contributed by atoms with Crippen LogP contribution in [0.1, 0.15) is 41.4 Å². The topological polar surface area (TPSA) is 49.8 Å². The zero-order valence-corrected chi connectivity index (χ0v) is 15.6. The molecule has 0 saturated heterocycles. The van der Waals surface area contributed by atoms with E-state index in [-0.39, 0.29) is 0 Å². The highest BCUT2D eigenvalue weighted by Gasteiger charge is 2.20. The van der Waals surface area contributed by atoms with Gasteiger partial charge in [-0.2, -0.15) is 0 Å². The molecule has 0 saturated carbocycles. The number of hydrogen-bond donors (Lipinski definition) is 2. The Labute approximate surface area is 160 Å². The maximum absolute atomic E-state index is 4.69. The molecule has 0 radical (unpaired) electrons. The number of aryl methyl sites for hydroxylation is 2. The number of benzene rings is 2. The van der Waals surface area contributed by atoms with Crippen LogP contribution >= 0.6 is 0 Å². The summed E-state index contributed by atoms with van der Waals surface area (Å²) in [5.74, 6) is 1.71. The molecule has 1 aliphatic carbocycles. The van der Waals surface area contributed by atoms with Crippen molar-refractivity contribution >= 4 is 11.5 Å². The van der Waals surface area contributed by atoms with Gasteiger partial charge in [-0.15, -0.1) is 0 Å². The second-order valence-corrected chi connectivity index (χ2v) is 7.52. The van der Waals surface area contributed by atoms with E-state index in [4.69, 9.17) is 0 Å². The molecule has 0 spiro atoms. The quantitative estimate of drug-likeness (QED) is 0.700. The Kier molecular flexibility index (Phi) is 4.04. The lowest BCUT2D eigenvalue weighted by Gasteiger charge is -2.27. The first-order chi connectivity index (χ1) is 13.3. The fraction of sp³-hybridized carbons (Fsp3) is 0.304. The first-order valence-corrected chi connectivity index (χ1v) is 9.83. The molecule has 5 rings (SSSR count). The van der Waals surface area contributed by atoms with Gasteiger partial charge in [-0.25, -0.2) is 9.97 Å². The van der Waals surface area contributed by atoms with Crippen molar-refractivity contribution in [3.63, 3.8) is 0 Å². The SMILES string of the molecule is Cc1nc(NC2CCCc3ccccc32)cc(-c2ccc3c(c2)NCC3)n1. The Morgan fingerprint density at radius 3 is 2.89 bits per heavy atom. The second kappa shape index (κ2) is 6.69. The third kappa shape index (κ3) is 3.16. The van der Waals surface area contributed by atoms with Crippen molar-refractivity contribution < 1.29 is 0 Å². The molecule has 0 bridgehead atoms. The second-order valence-electron chi connectivity index (χ2n) is 7.52. The molecule has 1 unspecified atom stereocenters. The van der Waals surface area contributed by atoms with E-state index in [0.717, 1.165) is 42.3 Å². The Morgan fingerprint density at radius 2 is 1.93 bits per heavy atom. The van der Waals surface area contributed by atoms with Gasteiger partial charge in [0.2, 0.25) is 0 Å². The zero-order valence-electron chi connectivity index (χ0n) is 15.6. The van der Waals surface area contributed by atoms with Crippen LogP contribution in [0.2, 0.25) is 0 Å². The van der Waals surface area contributed by atoms with Gasteiger partial charge in [0.1, 0.15) is 11.6 Å². The van der Waals surface area contributed by atoms with E-state index in [1.165, 1.54) is 35.2 Å². The van der Waals surface area contributed by atoms with Crippen molar-refractivity contribution in [3.8, 4) is 11.3 Å². The number of anilines is 2. The van der Waals surface area contributed by atoms with E-state index in [2.05, 4.69) is 69.1 Å². The zero-order chi connectivity index (χ0) is 18.2. The summed E-state index contributed by atoms with van der Waals surface area (Å²) in [5, 5.41) is 7.13. The van der Waals surface area contributed by atoms with E-state index in [9.17, 15) is 0 Å². The molecule has 0 fully saturated rings. The van der Waals surface area contributed by atoms with Crippen molar-refractivity contribution in [1.82, 2.24) is 9.97 Å². The predicted molar refractivity (Wildman–Crippen MR) is 110 cm³/mol. The molecule has 4 nitrogen and oxygen atoms in total. The number of rotatable bonds is 3. The number of hydrogen-bond acceptors (Lipinski definition) is 4. The average molecular weight is 356 g/mol. The number of nitrogens with zero attached hydrogens (tertiary/aromatic N) is 2. The standard InChI is InChI=1S/C23H24N4/c1-15-25-22(18-10-9-17-11-12-24-21(17)13-18)14-23(26-15)27-20-8-4-6-16-5-2-3-7-19(16)20/h2-3,5,7,9-10,13-14,20,24H,4,6,8,11-12H2,1H3,(H,25,26,27). The first-order valence-electron chi connectivity index (χ1n) is 9.83. The average Bonchev–Trinajstić information content (AvgIpc) is 3.16. The molecule has 2 N–H and O–H groups in total. The van der Waals surface area contributed by atoms with Gasteiger partial charge in [0, 0.05) is 23.9 Å². The van der Waals surface area contributed by atoms with Crippen molar-refractivity contribution in [2.45, 2.75) is 38.6 Å². The van der Waals surface area contributed by atoms with E-state index in [0.29, 0.717) is 6.04 Å². The molecule has 3 aromatic rings. The predicted octanol–water partition coefficient (Wildman–Crippen LogP) is 4.91. The Hall–Kier alpha value is -2.88. The highest BCUT2D eigenvalue weighted by atomic mass is 15.0. The number of aromatic nitrogens is 2. The summed E-state index contributed by atoms with van der Waals surface area (Å²) in [7, 11) is 0. The summed E-state index contributed by atoms with van der Waals surface area (Å²) in [6.45, 7) is 2.99. The molecular formula is C23H24N4. The molecular weight excluding hydrogens is 332 g/mol. The van der Waals surface area contributed by atoms with Crippen LogP contribution < -0.4 is 10.6 Å². The molecule has 0 amide bonds. The molecule has 2 heterocycles. The van der Waals surface area contributed by atoms with Crippen LogP contribution in [0.25, 0.3) is 11.3 Å².